The van der Waals surface area contributed by atoms with Gasteiger partial charge in [0.2, 0.25) is 0 Å². The average molecular weight is 346 g/mol. The summed E-state index contributed by atoms with van der Waals surface area (Å²) in [5.41, 5.74) is 3.62. The number of hydrogen-bond acceptors (Lipinski definition) is 2. The van der Waals surface area contributed by atoms with Gasteiger partial charge in [-0.15, -0.1) is 0 Å². The van der Waals surface area contributed by atoms with Crippen LogP contribution in [-0.4, -0.2) is 22.7 Å². The van der Waals surface area contributed by atoms with Crippen LogP contribution in [0.15, 0.2) is 66.9 Å². The summed E-state index contributed by atoms with van der Waals surface area (Å²) in [5, 5.41) is 14.8. The third-order valence-corrected chi connectivity index (χ3v) is 5.44. The van der Waals surface area contributed by atoms with Gasteiger partial charge in [0.15, 0.2) is 0 Å². The summed E-state index contributed by atoms with van der Waals surface area (Å²) in [6, 6.07) is 16.9. The molecule has 26 heavy (non-hydrogen) atoms. The number of hydrogen-bond donors (Lipinski definition) is 3. The van der Waals surface area contributed by atoms with Crippen molar-refractivity contribution in [1.82, 2.24) is 10.3 Å². The number of unbranched alkanes of at least 4 members (excludes halogenated alkanes) is 1. The van der Waals surface area contributed by atoms with Gasteiger partial charge < -0.3 is 15.4 Å². The number of aromatic amines is 1. The molecule has 2 unspecified atom stereocenters. The highest BCUT2D eigenvalue weighted by atomic mass is 16.3. The summed E-state index contributed by atoms with van der Waals surface area (Å²) < 4.78 is 0. The molecule has 3 aromatic rings. The van der Waals surface area contributed by atoms with Gasteiger partial charge in [0.05, 0.1) is 0 Å². The molecular formula is C23H26N2O. The molecule has 0 spiro atoms. The molecule has 0 saturated heterocycles. The van der Waals surface area contributed by atoms with Crippen LogP contribution in [0.3, 0.4) is 0 Å². The zero-order valence-electron chi connectivity index (χ0n) is 15.0. The summed E-state index contributed by atoms with van der Waals surface area (Å²) in [4.78, 5) is 3.27. The van der Waals surface area contributed by atoms with Crippen molar-refractivity contribution in [3.8, 4) is 5.75 Å². The molecule has 0 saturated carbocycles. The number of fused-ring (bicyclic) bond motifs is 1. The van der Waals surface area contributed by atoms with Crippen LogP contribution in [0, 0.1) is 0 Å². The lowest BCUT2D eigenvalue weighted by Crippen LogP contribution is -2.37. The van der Waals surface area contributed by atoms with E-state index in [1.54, 1.807) is 6.07 Å². The van der Waals surface area contributed by atoms with Crippen LogP contribution in [0.5, 0.6) is 5.75 Å². The van der Waals surface area contributed by atoms with Gasteiger partial charge >= 0.3 is 0 Å². The summed E-state index contributed by atoms with van der Waals surface area (Å²) in [7, 11) is 0. The third kappa shape index (κ3) is 3.54. The van der Waals surface area contributed by atoms with E-state index in [0.29, 0.717) is 17.7 Å². The number of benzene rings is 2. The molecule has 2 atom stereocenters. The molecular weight excluding hydrogens is 320 g/mol. The number of rotatable bonds is 6. The molecule has 134 valence electrons. The molecule has 0 bridgehead atoms. The molecule has 4 rings (SSSR count). The van der Waals surface area contributed by atoms with E-state index < -0.39 is 0 Å². The number of phenolic OH excluding ortho intramolecular Hbond substituents is 1. The highest BCUT2D eigenvalue weighted by Gasteiger charge is 2.22. The highest BCUT2D eigenvalue weighted by molar-refractivity contribution is 5.88. The summed E-state index contributed by atoms with van der Waals surface area (Å²) in [6.45, 7) is 0.963. The largest absolute Gasteiger partial charge is 0.507 e. The molecule has 2 aromatic carbocycles. The fourth-order valence-corrected chi connectivity index (χ4v) is 4.11. The van der Waals surface area contributed by atoms with Crippen molar-refractivity contribution >= 4 is 10.9 Å². The second-order valence-corrected chi connectivity index (χ2v) is 7.14. The Morgan fingerprint density at radius 1 is 1.00 bits per heavy atom. The third-order valence-electron chi connectivity index (χ3n) is 5.44. The molecule has 0 fully saturated rings. The maximum atomic E-state index is 10.1. The maximum Gasteiger partial charge on any atom is 0.125 e. The molecule has 3 heteroatoms. The Morgan fingerprint density at radius 3 is 2.77 bits per heavy atom. The van der Waals surface area contributed by atoms with Crippen molar-refractivity contribution in [1.29, 1.82) is 0 Å². The Hall–Kier alpha value is -2.52. The van der Waals surface area contributed by atoms with E-state index >= 15 is 0 Å². The number of aromatic hydroxyl groups is 1. The van der Waals surface area contributed by atoms with E-state index in [1.807, 2.05) is 18.3 Å². The van der Waals surface area contributed by atoms with E-state index in [-0.39, 0.29) is 0 Å². The van der Waals surface area contributed by atoms with Crippen LogP contribution >= 0.6 is 0 Å². The van der Waals surface area contributed by atoms with Gasteiger partial charge in [-0.3, -0.25) is 0 Å². The van der Waals surface area contributed by atoms with Crippen molar-refractivity contribution in [2.24, 2.45) is 0 Å². The first-order valence-corrected chi connectivity index (χ1v) is 9.56. The Bertz CT molecular complexity index is 882. The molecule has 3 N–H and O–H groups in total. The number of H-pyrrole nitrogens is 1. The minimum Gasteiger partial charge on any atom is -0.507 e. The first-order valence-electron chi connectivity index (χ1n) is 9.56. The second-order valence-electron chi connectivity index (χ2n) is 7.14. The van der Waals surface area contributed by atoms with Crippen LogP contribution in [-0.2, 0) is 6.42 Å². The first-order chi connectivity index (χ1) is 12.8. The van der Waals surface area contributed by atoms with E-state index in [2.05, 4.69) is 52.8 Å². The Labute approximate surface area is 154 Å². The molecule has 1 aliphatic rings. The van der Waals surface area contributed by atoms with Crippen LogP contribution in [0.4, 0.5) is 0 Å². The second kappa shape index (κ2) is 7.79. The molecule has 2 heterocycles. The zero-order valence-corrected chi connectivity index (χ0v) is 15.0. The normalized spacial score (nSPS) is 19.8. The van der Waals surface area contributed by atoms with Gasteiger partial charge in [0.1, 0.15) is 5.75 Å². The summed E-state index contributed by atoms with van der Waals surface area (Å²) in [6.07, 6.45) is 11.1. The van der Waals surface area contributed by atoms with Crippen molar-refractivity contribution in [3.63, 3.8) is 0 Å². The predicted octanol–water partition coefficient (Wildman–Crippen LogP) is 4.90. The number of nitrogens with one attached hydrogen (secondary N) is 2. The minimum atomic E-state index is 0.377. The van der Waals surface area contributed by atoms with Crippen molar-refractivity contribution < 1.29 is 5.11 Å². The Kier molecular flexibility index (Phi) is 5.07. The SMILES string of the molecule is Oc1cccc2[nH]cc(CCCCC3NCC=CC3c3ccccc3)c12. The number of aryl methyl sites for hydroxylation is 1. The number of aromatic nitrogens is 1. The van der Waals surface area contributed by atoms with Crippen LogP contribution < -0.4 is 5.32 Å². The van der Waals surface area contributed by atoms with Gasteiger partial charge in [0, 0.05) is 35.6 Å². The highest BCUT2D eigenvalue weighted by Crippen LogP contribution is 2.30. The maximum absolute atomic E-state index is 10.1. The standard InChI is InChI=1S/C23H26N2O/c26-22-14-6-13-21-23(22)18(16-25-21)10-4-5-12-20-19(11-7-15-24-20)17-8-2-1-3-9-17/h1-3,6-9,11,13-14,16,19-20,24-26H,4-5,10,12,15H2. The van der Waals surface area contributed by atoms with Gasteiger partial charge in [-0.2, -0.15) is 0 Å². The van der Waals surface area contributed by atoms with Crippen molar-refractivity contribution in [2.75, 3.05) is 6.54 Å². The van der Waals surface area contributed by atoms with E-state index in [4.69, 9.17) is 0 Å². The van der Waals surface area contributed by atoms with Gasteiger partial charge in [-0.25, -0.2) is 0 Å². The molecule has 0 amide bonds. The lowest BCUT2D eigenvalue weighted by molar-refractivity contribution is 0.432. The molecule has 1 aromatic heterocycles. The van der Waals surface area contributed by atoms with E-state index in [1.165, 1.54) is 17.5 Å². The van der Waals surface area contributed by atoms with Crippen LogP contribution in [0.1, 0.15) is 36.3 Å². The van der Waals surface area contributed by atoms with Crippen molar-refractivity contribution in [3.05, 3.63) is 78.0 Å². The van der Waals surface area contributed by atoms with Crippen LogP contribution in [0.2, 0.25) is 0 Å². The van der Waals surface area contributed by atoms with Gasteiger partial charge in [-0.05, 0) is 42.5 Å². The lowest BCUT2D eigenvalue weighted by Gasteiger charge is -2.29. The van der Waals surface area contributed by atoms with Gasteiger partial charge in [0.25, 0.3) is 0 Å². The van der Waals surface area contributed by atoms with Gasteiger partial charge in [-0.1, -0.05) is 55.0 Å². The molecule has 1 aliphatic heterocycles. The predicted molar refractivity (Wildman–Crippen MR) is 108 cm³/mol. The minimum absolute atomic E-state index is 0.377. The monoisotopic (exact) mass is 346 g/mol. The van der Waals surface area contributed by atoms with Crippen LogP contribution in [0.25, 0.3) is 10.9 Å². The zero-order chi connectivity index (χ0) is 17.8. The average Bonchev–Trinajstić information content (AvgIpc) is 3.11. The lowest BCUT2D eigenvalue weighted by atomic mass is 9.86. The van der Waals surface area contributed by atoms with E-state index in [0.717, 1.165) is 36.7 Å². The Morgan fingerprint density at radius 2 is 1.88 bits per heavy atom. The summed E-state index contributed by atoms with van der Waals surface area (Å²) in [5.74, 6) is 0.837. The van der Waals surface area contributed by atoms with Crippen molar-refractivity contribution in [2.45, 2.75) is 37.6 Å². The van der Waals surface area contributed by atoms with E-state index in [9.17, 15) is 5.11 Å². The Balaban J connectivity index is 1.36. The molecule has 0 radical (unpaired) electrons. The molecule has 3 nitrogen and oxygen atoms in total. The number of phenols is 1. The smallest absolute Gasteiger partial charge is 0.125 e. The first kappa shape index (κ1) is 16.9. The molecule has 0 aliphatic carbocycles. The quantitative estimate of drug-likeness (QED) is 0.439. The summed E-state index contributed by atoms with van der Waals surface area (Å²) >= 11 is 0. The topological polar surface area (TPSA) is 48.0 Å². The fourth-order valence-electron chi connectivity index (χ4n) is 4.11. The fraction of sp³-hybridized carbons (Fsp3) is 0.304.